The van der Waals surface area contributed by atoms with Crippen molar-refractivity contribution in [2.75, 3.05) is 21.3 Å². The first-order chi connectivity index (χ1) is 11.4. The summed E-state index contributed by atoms with van der Waals surface area (Å²) in [5.74, 6) is 1.30. The molecule has 7 heteroatoms. The van der Waals surface area contributed by atoms with E-state index in [9.17, 15) is 8.42 Å². The Hall–Kier alpha value is -2.25. The zero-order valence-electron chi connectivity index (χ0n) is 14.0. The van der Waals surface area contributed by atoms with Gasteiger partial charge in [0.25, 0.3) is 10.1 Å². The lowest BCUT2D eigenvalue weighted by Gasteiger charge is -2.14. The van der Waals surface area contributed by atoms with Crippen LogP contribution in [0, 0.1) is 6.92 Å². The average molecular weight is 352 g/mol. The van der Waals surface area contributed by atoms with Crippen LogP contribution in [0.4, 0.5) is 0 Å². The maximum Gasteiger partial charge on any atom is 0.297 e. The molecule has 0 spiro atoms. The van der Waals surface area contributed by atoms with E-state index in [1.54, 1.807) is 24.3 Å². The number of benzene rings is 2. The molecule has 0 saturated heterocycles. The Morgan fingerprint density at radius 1 is 0.875 bits per heavy atom. The molecule has 2 aromatic carbocycles. The molecule has 130 valence electrons. The van der Waals surface area contributed by atoms with E-state index < -0.39 is 10.1 Å². The van der Waals surface area contributed by atoms with Crippen LogP contribution in [-0.2, 0) is 20.9 Å². The van der Waals surface area contributed by atoms with E-state index >= 15 is 0 Å². The third-order valence-corrected chi connectivity index (χ3v) is 4.69. The first kappa shape index (κ1) is 18.1. The van der Waals surface area contributed by atoms with Crippen molar-refractivity contribution in [2.45, 2.75) is 18.4 Å². The molecule has 0 unspecified atom stereocenters. The Morgan fingerprint density at radius 2 is 1.42 bits per heavy atom. The molecular formula is C17H20O6S. The quantitative estimate of drug-likeness (QED) is 0.714. The second-order valence-corrected chi connectivity index (χ2v) is 6.68. The highest BCUT2D eigenvalue weighted by atomic mass is 32.2. The molecule has 0 aliphatic rings. The Bertz CT molecular complexity index is 771. The van der Waals surface area contributed by atoms with Crippen molar-refractivity contribution in [3.63, 3.8) is 0 Å². The van der Waals surface area contributed by atoms with Gasteiger partial charge in [-0.25, -0.2) is 0 Å². The molecule has 0 aliphatic heterocycles. The summed E-state index contributed by atoms with van der Waals surface area (Å²) in [6, 6.07) is 9.75. The Morgan fingerprint density at radius 3 is 1.88 bits per heavy atom. The summed E-state index contributed by atoms with van der Waals surface area (Å²) in [6.45, 7) is 1.74. The van der Waals surface area contributed by atoms with Crippen molar-refractivity contribution in [3.8, 4) is 17.2 Å². The lowest BCUT2D eigenvalue weighted by Crippen LogP contribution is -2.07. The first-order valence-electron chi connectivity index (χ1n) is 7.16. The summed E-state index contributed by atoms with van der Waals surface area (Å²) in [5, 5.41) is 0. The van der Waals surface area contributed by atoms with Gasteiger partial charge in [0, 0.05) is 0 Å². The summed E-state index contributed by atoms with van der Waals surface area (Å²) in [5.41, 5.74) is 1.55. The molecule has 0 aromatic heterocycles. The molecule has 0 fully saturated rings. The molecule has 0 saturated carbocycles. The molecule has 2 aromatic rings. The van der Waals surface area contributed by atoms with E-state index in [-0.39, 0.29) is 11.5 Å². The van der Waals surface area contributed by atoms with Crippen molar-refractivity contribution in [1.82, 2.24) is 0 Å². The highest BCUT2D eigenvalue weighted by molar-refractivity contribution is 7.86. The molecule has 0 amide bonds. The predicted octanol–water partition coefficient (Wildman–Crippen LogP) is 2.93. The second kappa shape index (κ2) is 7.55. The topological polar surface area (TPSA) is 71.1 Å². The smallest absolute Gasteiger partial charge is 0.297 e. The van der Waals surface area contributed by atoms with Crippen LogP contribution >= 0.6 is 0 Å². The summed E-state index contributed by atoms with van der Waals surface area (Å²) in [4.78, 5) is 0.112. The Balaban J connectivity index is 2.23. The largest absolute Gasteiger partial charge is 0.493 e. The fourth-order valence-corrected chi connectivity index (χ4v) is 3.03. The maximum absolute atomic E-state index is 12.2. The number of ether oxygens (including phenoxy) is 3. The van der Waals surface area contributed by atoms with Gasteiger partial charge in [-0.05, 0) is 36.8 Å². The number of methoxy groups -OCH3 is 3. The molecule has 6 nitrogen and oxygen atoms in total. The lowest BCUT2D eigenvalue weighted by atomic mass is 10.2. The van der Waals surface area contributed by atoms with Gasteiger partial charge in [-0.15, -0.1) is 0 Å². The fraction of sp³-hybridized carbons (Fsp3) is 0.294. The van der Waals surface area contributed by atoms with Gasteiger partial charge in [0.05, 0.1) is 32.8 Å². The SMILES string of the molecule is COc1cc(COS(=O)(=O)c2ccc(C)cc2)cc(OC)c1OC. The van der Waals surface area contributed by atoms with Crippen LogP contribution in [0.5, 0.6) is 17.2 Å². The predicted molar refractivity (Wildman–Crippen MR) is 89.3 cm³/mol. The molecule has 0 N–H and O–H groups in total. The molecule has 2 rings (SSSR count). The van der Waals surface area contributed by atoms with Crippen LogP contribution in [0.1, 0.15) is 11.1 Å². The van der Waals surface area contributed by atoms with Gasteiger partial charge in [-0.2, -0.15) is 8.42 Å². The van der Waals surface area contributed by atoms with Crippen LogP contribution < -0.4 is 14.2 Å². The van der Waals surface area contributed by atoms with Gasteiger partial charge >= 0.3 is 0 Å². The molecule has 0 atom stereocenters. The highest BCUT2D eigenvalue weighted by Crippen LogP contribution is 2.38. The van der Waals surface area contributed by atoms with E-state index in [2.05, 4.69) is 0 Å². The van der Waals surface area contributed by atoms with Gasteiger partial charge < -0.3 is 14.2 Å². The fourth-order valence-electron chi connectivity index (χ4n) is 2.14. The monoisotopic (exact) mass is 352 g/mol. The van der Waals surface area contributed by atoms with Crippen LogP contribution in [0.3, 0.4) is 0 Å². The minimum atomic E-state index is -3.84. The summed E-state index contributed by atoms with van der Waals surface area (Å²) in [6.07, 6.45) is 0. The van der Waals surface area contributed by atoms with E-state index in [1.165, 1.54) is 33.5 Å². The van der Waals surface area contributed by atoms with Gasteiger partial charge in [0.2, 0.25) is 5.75 Å². The molecule has 0 radical (unpaired) electrons. The Kier molecular flexibility index (Phi) is 5.69. The second-order valence-electron chi connectivity index (χ2n) is 5.06. The third-order valence-electron chi connectivity index (χ3n) is 3.41. The van der Waals surface area contributed by atoms with Crippen molar-refractivity contribution in [2.24, 2.45) is 0 Å². The van der Waals surface area contributed by atoms with E-state index in [1.807, 2.05) is 6.92 Å². The Labute approximate surface area is 142 Å². The lowest BCUT2D eigenvalue weighted by molar-refractivity contribution is 0.300. The molecule has 0 heterocycles. The van der Waals surface area contributed by atoms with Gasteiger partial charge in [-0.1, -0.05) is 17.7 Å². The summed E-state index contributed by atoms with van der Waals surface area (Å²) < 4.78 is 45.3. The zero-order valence-corrected chi connectivity index (χ0v) is 14.8. The summed E-state index contributed by atoms with van der Waals surface area (Å²) >= 11 is 0. The van der Waals surface area contributed by atoms with Gasteiger partial charge in [0.1, 0.15) is 0 Å². The number of aryl methyl sites for hydroxylation is 1. The number of rotatable bonds is 7. The minimum absolute atomic E-state index is 0.112. The van der Waals surface area contributed by atoms with Crippen molar-refractivity contribution in [3.05, 3.63) is 47.5 Å². The maximum atomic E-state index is 12.2. The summed E-state index contributed by atoms with van der Waals surface area (Å²) in [7, 11) is 0.638. The van der Waals surface area contributed by atoms with Crippen molar-refractivity contribution in [1.29, 1.82) is 0 Å². The number of hydrogen-bond acceptors (Lipinski definition) is 6. The van der Waals surface area contributed by atoms with Crippen LogP contribution in [0.2, 0.25) is 0 Å². The third kappa shape index (κ3) is 3.98. The average Bonchev–Trinajstić information content (AvgIpc) is 2.59. The van der Waals surface area contributed by atoms with Gasteiger partial charge in [-0.3, -0.25) is 4.18 Å². The van der Waals surface area contributed by atoms with E-state index in [4.69, 9.17) is 18.4 Å². The molecule has 0 bridgehead atoms. The highest BCUT2D eigenvalue weighted by Gasteiger charge is 2.18. The van der Waals surface area contributed by atoms with Crippen LogP contribution in [0.25, 0.3) is 0 Å². The number of hydrogen-bond donors (Lipinski definition) is 0. The van der Waals surface area contributed by atoms with Crippen LogP contribution in [0.15, 0.2) is 41.3 Å². The van der Waals surface area contributed by atoms with Crippen molar-refractivity contribution >= 4 is 10.1 Å². The van der Waals surface area contributed by atoms with Crippen LogP contribution in [-0.4, -0.2) is 29.7 Å². The van der Waals surface area contributed by atoms with Gasteiger partial charge in [0.15, 0.2) is 11.5 Å². The van der Waals surface area contributed by atoms with Crippen molar-refractivity contribution < 1.29 is 26.8 Å². The zero-order chi connectivity index (χ0) is 17.7. The molecule has 24 heavy (non-hydrogen) atoms. The minimum Gasteiger partial charge on any atom is -0.493 e. The standard InChI is InChI=1S/C17H20O6S/c1-12-5-7-14(8-6-12)24(18,19)23-11-13-9-15(20-2)17(22-4)16(10-13)21-3/h5-10H,11H2,1-4H3. The molecular weight excluding hydrogens is 332 g/mol. The normalized spacial score (nSPS) is 11.2. The first-order valence-corrected chi connectivity index (χ1v) is 8.57. The molecule has 0 aliphatic carbocycles. The van der Waals surface area contributed by atoms with E-state index in [0.29, 0.717) is 22.8 Å². The van der Waals surface area contributed by atoms with E-state index in [0.717, 1.165) is 5.56 Å².